The molecule has 0 fully saturated rings. The Bertz CT molecular complexity index is 3760. The molecule has 0 aliphatic heterocycles. The van der Waals surface area contributed by atoms with Gasteiger partial charge in [0, 0.05) is 16.1 Å². The highest BCUT2D eigenvalue weighted by Crippen LogP contribution is 2.31. The fraction of sp³-hybridized carbons (Fsp3) is 0.174. The summed E-state index contributed by atoms with van der Waals surface area (Å²) in [5.41, 5.74) is 1.61. The van der Waals surface area contributed by atoms with Crippen molar-refractivity contribution in [3.63, 3.8) is 0 Å². The van der Waals surface area contributed by atoms with E-state index in [-0.39, 0.29) is 72.1 Å². The highest BCUT2D eigenvalue weighted by Gasteiger charge is 2.33. The van der Waals surface area contributed by atoms with Gasteiger partial charge in [-0.25, -0.2) is 48.0 Å². The normalized spacial score (nSPS) is 11.5. The molecule has 68 heavy (non-hydrogen) atoms. The Morgan fingerprint density at radius 2 is 1.34 bits per heavy atom. The van der Waals surface area contributed by atoms with Crippen LogP contribution in [0.4, 0.5) is 22.0 Å². The van der Waals surface area contributed by atoms with Gasteiger partial charge in [0.25, 0.3) is 5.89 Å². The van der Waals surface area contributed by atoms with Crippen LogP contribution in [-0.2, 0) is 6.18 Å². The third-order valence-corrected chi connectivity index (χ3v) is 10.9. The number of methoxy groups -OCH3 is 1. The smallest absolute Gasteiger partial charge is 0.433 e. The molecule has 0 saturated heterocycles. The van der Waals surface area contributed by atoms with Gasteiger partial charge in [0.2, 0.25) is 16.7 Å². The predicted octanol–water partition coefficient (Wildman–Crippen LogP) is 10.6. The molecule has 0 radical (unpaired) electrons. The van der Waals surface area contributed by atoms with Crippen molar-refractivity contribution in [3.05, 3.63) is 143 Å². The van der Waals surface area contributed by atoms with Crippen LogP contribution in [0, 0.1) is 39.3 Å². The number of ether oxygens (including phenoxy) is 1. The van der Waals surface area contributed by atoms with Crippen LogP contribution in [0.15, 0.2) is 87.1 Å². The summed E-state index contributed by atoms with van der Waals surface area (Å²) in [6, 6.07) is 14.0. The minimum Gasteiger partial charge on any atom is -0.481 e. The van der Waals surface area contributed by atoms with Crippen molar-refractivity contribution in [2.75, 3.05) is 7.11 Å². The summed E-state index contributed by atoms with van der Waals surface area (Å²) in [7, 11) is 1.49. The van der Waals surface area contributed by atoms with Crippen molar-refractivity contribution in [3.8, 4) is 40.4 Å². The number of benzene rings is 3. The Balaban J connectivity index is 0.000000178. The SMILES string of the molecule is CC.COc1cc2oc(-c3nn(-c4ccc(Cl)cc4F)c4cc(C)c(C)cc4c3=O)nc2cn1.Cc1nc2c(=O)c(-c3nc4cc(C(F)(F)F)ncc4[nH]3)nn(-c3ccc(Cl)cc3F)c2nc1C. The third kappa shape index (κ3) is 8.70. The van der Waals surface area contributed by atoms with Gasteiger partial charge in [0.05, 0.1) is 52.8 Å². The number of fused-ring (bicyclic) bond motifs is 4. The van der Waals surface area contributed by atoms with E-state index in [4.69, 9.17) is 32.4 Å². The molecule has 22 heteroatoms. The molecule has 7 aromatic heterocycles. The van der Waals surface area contributed by atoms with Crippen molar-refractivity contribution >= 4 is 67.4 Å². The Kier molecular flexibility index (Phi) is 12.5. The Hall–Kier alpha value is -7.71. The zero-order valence-electron chi connectivity index (χ0n) is 36.7. The number of aryl methyl sites for hydroxylation is 4. The van der Waals surface area contributed by atoms with E-state index in [2.05, 4.69) is 45.1 Å². The van der Waals surface area contributed by atoms with Crippen LogP contribution in [0.1, 0.15) is 42.1 Å². The Labute approximate surface area is 390 Å². The van der Waals surface area contributed by atoms with Crippen molar-refractivity contribution in [2.45, 2.75) is 47.7 Å². The molecule has 10 aromatic rings. The van der Waals surface area contributed by atoms with Crippen LogP contribution in [0.5, 0.6) is 5.88 Å². The number of alkyl halides is 3. The van der Waals surface area contributed by atoms with E-state index in [1.807, 2.05) is 27.7 Å². The lowest BCUT2D eigenvalue weighted by Crippen LogP contribution is -2.20. The van der Waals surface area contributed by atoms with Crippen LogP contribution in [0.3, 0.4) is 0 Å². The van der Waals surface area contributed by atoms with Crippen LogP contribution >= 0.6 is 23.2 Å². The minimum absolute atomic E-state index is 0.00306. The average Bonchev–Trinajstić information content (AvgIpc) is 3.93. The molecule has 0 amide bonds. The summed E-state index contributed by atoms with van der Waals surface area (Å²) in [4.78, 5) is 54.0. The largest absolute Gasteiger partial charge is 0.481 e. The van der Waals surface area contributed by atoms with Crippen LogP contribution in [0.2, 0.25) is 10.0 Å². The van der Waals surface area contributed by atoms with Gasteiger partial charge in [-0.05, 0) is 93.4 Å². The summed E-state index contributed by atoms with van der Waals surface area (Å²) >= 11 is 11.8. The van der Waals surface area contributed by atoms with Crippen molar-refractivity contribution in [2.24, 2.45) is 0 Å². The summed E-state index contributed by atoms with van der Waals surface area (Å²) in [5.74, 6) is -1.10. The lowest BCUT2D eigenvalue weighted by Gasteiger charge is -2.14. The minimum atomic E-state index is -4.67. The first kappa shape index (κ1) is 46.8. The Morgan fingerprint density at radius 1 is 0.706 bits per heavy atom. The number of aromatic amines is 1. The number of oxazole rings is 1. The molecule has 0 unspecified atom stereocenters. The quantitative estimate of drug-likeness (QED) is 0.161. The molecule has 1 N–H and O–H groups in total. The number of rotatable bonds is 5. The number of pyridine rings is 2. The predicted molar refractivity (Wildman–Crippen MR) is 246 cm³/mol. The van der Waals surface area contributed by atoms with E-state index in [1.54, 1.807) is 38.1 Å². The first-order valence-electron chi connectivity index (χ1n) is 20.4. The highest BCUT2D eigenvalue weighted by atomic mass is 35.5. The summed E-state index contributed by atoms with van der Waals surface area (Å²) in [5, 5.41) is 9.47. The van der Waals surface area contributed by atoms with Crippen molar-refractivity contribution < 1.29 is 31.1 Å². The molecular formula is C46H34Cl2F5N11O4. The maximum Gasteiger partial charge on any atom is 0.433 e. The topological polar surface area (TPSA) is 185 Å². The number of hydrogen-bond acceptors (Lipinski definition) is 12. The molecule has 0 aliphatic carbocycles. The van der Waals surface area contributed by atoms with Gasteiger partial charge in [-0.15, -0.1) is 0 Å². The number of hydrogen-bond donors (Lipinski definition) is 1. The van der Waals surface area contributed by atoms with Gasteiger partial charge in [-0.1, -0.05) is 37.0 Å². The second-order valence-corrected chi connectivity index (χ2v) is 15.6. The summed E-state index contributed by atoms with van der Waals surface area (Å²) in [6.07, 6.45) is -2.23. The fourth-order valence-electron chi connectivity index (χ4n) is 6.84. The summed E-state index contributed by atoms with van der Waals surface area (Å²) < 4.78 is 82.1. The van der Waals surface area contributed by atoms with Gasteiger partial charge in [0.1, 0.15) is 34.2 Å². The van der Waals surface area contributed by atoms with Gasteiger partial charge in [0.15, 0.2) is 34.0 Å². The van der Waals surface area contributed by atoms with Crippen molar-refractivity contribution in [1.82, 2.24) is 54.4 Å². The lowest BCUT2D eigenvalue weighted by atomic mass is 10.1. The zero-order valence-corrected chi connectivity index (χ0v) is 38.2. The second kappa shape index (κ2) is 18.2. The molecule has 346 valence electrons. The first-order valence-corrected chi connectivity index (χ1v) is 21.1. The maximum atomic E-state index is 14.8. The van der Waals surface area contributed by atoms with E-state index in [1.165, 1.54) is 42.3 Å². The molecule has 0 atom stereocenters. The standard InChI is InChI=1S/C23H16ClFN4O3.C21H12ClF4N7O.C2H6/c1-11-6-14-18(7-12(11)2)29(17-5-4-13(24)8-15(17)25)28-21(22(14)30)23-27-16-10-26-20(31-3)9-19(16)32-23;1-8-9(2)29-20-17(28-8)18(34)16(32-33(20)14-4-3-10(22)5-11(14)23)19-30-12-6-15(21(24,25)26)27-7-13(12)31-19;1-2/h4-10H,1-3H3;3-7H,1-2H3,(H,30,31);1-2H3. The van der Waals surface area contributed by atoms with E-state index < -0.39 is 28.9 Å². The first-order chi connectivity index (χ1) is 32.4. The average molecular weight is 971 g/mol. The molecule has 3 aromatic carbocycles. The van der Waals surface area contributed by atoms with E-state index in [9.17, 15) is 31.5 Å². The monoisotopic (exact) mass is 969 g/mol. The van der Waals surface area contributed by atoms with Crippen LogP contribution < -0.4 is 15.6 Å². The van der Waals surface area contributed by atoms with E-state index in [0.717, 1.165) is 34.1 Å². The maximum absolute atomic E-state index is 14.8. The van der Waals surface area contributed by atoms with E-state index in [0.29, 0.717) is 39.3 Å². The summed E-state index contributed by atoms with van der Waals surface area (Å²) in [6.45, 7) is 11.1. The van der Waals surface area contributed by atoms with Crippen LogP contribution in [0.25, 0.3) is 78.7 Å². The lowest BCUT2D eigenvalue weighted by molar-refractivity contribution is -0.141. The molecule has 10 rings (SSSR count). The molecule has 0 saturated carbocycles. The van der Waals surface area contributed by atoms with Gasteiger partial charge in [-0.3, -0.25) is 9.59 Å². The third-order valence-electron chi connectivity index (χ3n) is 10.4. The number of nitrogens with zero attached hydrogens (tertiary/aromatic N) is 10. The van der Waals surface area contributed by atoms with Crippen LogP contribution in [-0.4, -0.2) is 61.6 Å². The number of H-pyrrole nitrogens is 1. The Morgan fingerprint density at radius 3 is 1.99 bits per heavy atom. The number of imidazole rings is 1. The van der Waals surface area contributed by atoms with Gasteiger partial charge in [-0.2, -0.15) is 23.4 Å². The molecule has 0 spiro atoms. The molecule has 0 bridgehead atoms. The molecule has 0 aliphatic rings. The second-order valence-electron chi connectivity index (χ2n) is 14.8. The van der Waals surface area contributed by atoms with Gasteiger partial charge < -0.3 is 14.1 Å². The fourth-order valence-corrected chi connectivity index (χ4v) is 7.15. The van der Waals surface area contributed by atoms with E-state index >= 15 is 0 Å². The number of halogens is 7. The molecular weight excluding hydrogens is 936 g/mol. The molecule has 7 heterocycles. The number of nitrogens with one attached hydrogen (secondary N) is 1. The van der Waals surface area contributed by atoms with Gasteiger partial charge >= 0.3 is 6.18 Å². The highest BCUT2D eigenvalue weighted by molar-refractivity contribution is 6.30. The number of aromatic nitrogens is 11. The zero-order chi connectivity index (χ0) is 48.9. The van der Waals surface area contributed by atoms with Crippen molar-refractivity contribution in [1.29, 1.82) is 0 Å². The molecule has 15 nitrogen and oxygen atoms in total.